The van der Waals surface area contributed by atoms with E-state index in [9.17, 15) is 19.6 Å². The van der Waals surface area contributed by atoms with Gasteiger partial charge in [0.1, 0.15) is 5.16 Å². The van der Waals surface area contributed by atoms with Gasteiger partial charge in [0.15, 0.2) is 5.78 Å². The number of ketones is 1. The highest BCUT2D eigenvalue weighted by Gasteiger charge is 2.51. The molecule has 3 fully saturated rings. The number of allylic oxidation sites excluding steroid dienone is 5. The van der Waals surface area contributed by atoms with Crippen LogP contribution in [0.3, 0.4) is 0 Å². The summed E-state index contributed by atoms with van der Waals surface area (Å²) in [5.41, 5.74) is 3.25. The number of rotatable bonds is 12. The van der Waals surface area contributed by atoms with Crippen molar-refractivity contribution in [1.29, 1.82) is 0 Å². The van der Waals surface area contributed by atoms with E-state index in [1.807, 2.05) is 19.9 Å². The summed E-state index contributed by atoms with van der Waals surface area (Å²) in [7, 11) is -3.63. The molecule has 40 heavy (non-hydrogen) atoms. The molecule has 0 saturated heterocycles. The predicted octanol–water partition coefficient (Wildman–Crippen LogP) is 7.71. The molecule has 6 atom stereocenters. The van der Waals surface area contributed by atoms with E-state index in [4.69, 9.17) is 9.05 Å². The van der Waals surface area contributed by atoms with Crippen LogP contribution >= 0.6 is 7.60 Å². The SMILES string of the molecule is C=C1/C(=C\C=C2/CCC[C@@]3(C)C2CC[C@@H]3[C@H](C)/C=C/C(=O)C(C)(C)P(=O)(OCCC)OCCC)C[C@@H](O)C[C@@H]1O. The van der Waals surface area contributed by atoms with Gasteiger partial charge in [-0.2, -0.15) is 0 Å². The van der Waals surface area contributed by atoms with Crippen LogP contribution in [0.5, 0.6) is 0 Å². The average Bonchev–Trinajstić information content (AvgIpc) is 3.27. The van der Waals surface area contributed by atoms with Crippen LogP contribution in [-0.4, -0.2) is 46.6 Å². The number of hydrogen-bond acceptors (Lipinski definition) is 6. The fraction of sp³-hybridized carbons (Fsp3) is 0.727. The Bertz CT molecular complexity index is 1040. The van der Waals surface area contributed by atoms with Gasteiger partial charge in [0, 0.05) is 6.42 Å². The van der Waals surface area contributed by atoms with Crippen LogP contribution in [0, 0.1) is 23.2 Å². The zero-order chi connectivity index (χ0) is 29.7. The highest BCUT2D eigenvalue weighted by Crippen LogP contribution is 2.61. The third-order valence-corrected chi connectivity index (χ3v) is 12.3. The van der Waals surface area contributed by atoms with E-state index < -0.39 is 25.0 Å². The summed E-state index contributed by atoms with van der Waals surface area (Å²) in [6.45, 7) is 16.5. The van der Waals surface area contributed by atoms with Crippen molar-refractivity contribution in [1.82, 2.24) is 0 Å². The lowest BCUT2D eigenvalue weighted by Crippen LogP contribution is -2.36. The lowest BCUT2D eigenvalue weighted by molar-refractivity contribution is -0.116. The molecule has 0 radical (unpaired) electrons. The molecule has 0 heterocycles. The van der Waals surface area contributed by atoms with E-state index in [1.165, 1.54) is 5.57 Å². The Kier molecular flexibility index (Phi) is 11.4. The normalized spacial score (nSPS) is 32.6. The summed E-state index contributed by atoms with van der Waals surface area (Å²) in [5.74, 6) is 0.891. The van der Waals surface area contributed by atoms with Crippen LogP contribution in [-0.2, 0) is 18.4 Å². The van der Waals surface area contributed by atoms with Crippen LogP contribution in [0.2, 0.25) is 0 Å². The Morgan fingerprint density at radius 3 is 2.45 bits per heavy atom. The van der Waals surface area contributed by atoms with E-state index in [2.05, 4.69) is 32.6 Å². The number of aliphatic hydroxyl groups is 2. The van der Waals surface area contributed by atoms with E-state index in [0.717, 1.165) is 43.3 Å². The first-order valence-electron chi connectivity index (χ1n) is 15.4. The summed E-state index contributed by atoms with van der Waals surface area (Å²) in [6.07, 6.45) is 14.6. The van der Waals surface area contributed by atoms with E-state index >= 15 is 0 Å². The lowest BCUT2D eigenvalue weighted by Gasteiger charge is -2.44. The van der Waals surface area contributed by atoms with Gasteiger partial charge in [-0.3, -0.25) is 9.36 Å². The van der Waals surface area contributed by atoms with Crippen molar-refractivity contribution in [3.8, 4) is 0 Å². The Labute approximate surface area is 242 Å². The molecule has 2 N–H and O–H groups in total. The molecule has 0 aromatic carbocycles. The summed E-state index contributed by atoms with van der Waals surface area (Å²) < 4.78 is 25.0. The largest absolute Gasteiger partial charge is 0.393 e. The van der Waals surface area contributed by atoms with Crippen LogP contribution in [0.1, 0.15) is 99.3 Å². The standard InChI is InChI=1S/C33H53O6P/c1-8-19-38-40(37,39-20-9-2)32(5,6)31(36)17-12-23(3)28-15-16-29-25(11-10-18-33(28,29)7)13-14-26-21-27(34)22-30(35)24(26)4/h12-14,17,23,27-30,34-35H,4,8-11,15-16,18-22H2,1-3,5-7H3/b17-12+,25-13+,26-14-/t23-,27-,28-,29?,30+,33-/m1/s1. The van der Waals surface area contributed by atoms with Crippen molar-refractivity contribution in [2.45, 2.75) is 117 Å². The molecule has 1 unspecified atom stereocenters. The number of carbonyl (C=O) groups excluding carboxylic acids is 1. The molecule has 0 aromatic heterocycles. The molecule has 3 rings (SSSR count). The highest BCUT2D eigenvalue weighted by molar-refractivity contribution is 7.56. The maximum absolute atomic E-state index is 13.7. The molecule has 226 valence electrons. The van der Waals surface area contributed by atoms with Gasteiger partial charge in [-0.05, 0) is 106 Å². The zero-order valence-electron chi connectivity index (χ0n) is 25.7. The smallest absolute Gasteiger partial charge is 0.343 e. The third kappa shape index (κ3) is 7.01. The predicted molar refractivity (Wildman–Crippen MR) is 162 cm³/mol. The van der Waals surface area contributed by atoms with Gasteiger partial charge in [0.2, 0.25) is 0 Å². The minimum absolute atomic E-state index is 0.136. The maximum atomic E-state index is 13.7. The van der Waals surface area contributed by atoms with Gasteiger partial charge in [-0.25, -0.2) is 0 Å². The topological polar surface area (TPSA) is 93.1 Å². The first-order chi connectivity index (χ1) is 18.8. The van der Waals surface area contributed by atoms with Crippen LogP contribution < -0.4 is 0 Å². The fourth-order valence-electron chi connectivity index (χ4n) is 7.10. The number of carbonyl (C=O) groups is 1. The van der Waals surface area contributed by atoms with Crippen molar-refractivity contribution in [2.75, 3.05) is 13.2 Å². The molecule has 0 spiro atoms. The van der Waals surface area contributed by atoms with Gasteiger partial charge in [-0.1, -0.05) is 58.1 Å². The average molecular weight is 577 g/mol. The van der Waals surface area contributed by atoms with Gasteiger partial charge in [0.05, 0.1) is 25.4 Å². The molecule has 3 aliphatic rings. The van der Waals surface area contributed by atoms with Gasteiger partial charge >= 0.3 is 7.60 Å². The van der Waals surface area contributed by atoms with E-state index in [1.54, 1.807) is 19.9 Å². The van der Waals surface area contributed by atoms with Crippen molar-refractivity contribution in [3.05, 3.63) is 47.6 Å². The molecule has 0 bridgehead atoms. The van der Waals surface area contributed by atoms with E-state index in [0.29, 0.717) is 50.7 Å². The zero-order valence-corrected chi connectivity index (χ0v) is 26.6. The van der Waals surface area contributed by atoms with Gasteiger partial charge in [-0.15, -0.1) is 0 Å². The third-order valence-electron chi connectivity index (χ3n) is 9.71. The Balaban J connectivity index is 1.75. The number of fused-ring (bicyclic) bond motifs is 1. The molecular weight excluding hydrogens is 523 g/mol. The van der Waals surface area contributed by atoms with Crippen molar-refractivity contribution in [2.24, 2.45) is 23.2 Å². The maximum Gasteiger partial charge on any atom is 0.343 e. The van der Waals surface area contributed by atoms with Crippen molar-refractivity contribution < 1.29 is 28.6 Å². The van der Waals surface area contributed by atoms with Crippen LogP contribution in [0.4, 0.5) is 0 Å². The second-order valence-corrected chi connectivity index (χ2v) is 15.6. The summed E-state index contributed by atoms with van der Waals surface area (Å²) in [4.78, 5) is 13.4. The molecule has 0 amide bonds. The number of hydrogen-bond donors (Lipinski definition) is 2. The second-order valence-electron chi connectivity index (χ2n) is 13.0. The quantitative estimate of drug-likeness (QED) is 0.183. The first kappa shape index (κ1) is 33.2. The van der Waals surface area contributed by atoms with E-state index in [-0.39, 0.29) is 17.1 Å². The minimum atomic E-state index is -3.63. The Morgan fingerprint density at radius 2 is 1.82 bits per heavy atom. The number of aliphatic hydroxyl groups excluding tert-OH is 2. The fourth-order valence-corrected chi connectivity index (χ4v) is 9.01. The Hall–Kier alpha value is -1.30. The molecule has 6 nitrogen and oxygen atoms in total. The second kappa shape index (κ2) is 13.8. The minimum Gasteiger partial charge on any atom is -0.393 e. The van der Waals surface area contributed by atoms with Gasteiger partial charge < -0.3 is 19.3 Å². The Morgan fingerprint density at radius 1 is 1.18 bits per heavy atom. The van der Waals surface area contributed by atoms with Gasteiger partial charge in [0.25, 0.3) is 0 Å². The van der Waals surface area contributed by atoms with Crippen LogP contribution in [0.15, 0.2) is 47.6 Å². The summed E-state index contributed by atoms with van der Waals surface area (Å²) in [5, 5.41) is 19.1. The van der Waals surface area contributed by atoms with Crippen molar-refractivity contribution >= 4 is 13.4 Å². The first-order valence-corrected chi connectivity index (χ1v) is 16.9. The molecule has 3 saturated carbocycles. The molecule has 7 heteroatoms. The highest BCUT2D eigenvalue weighted by atomic mass is 31.2. The molecule has 3 aliphatic carbocycles. The van der Waals surface area contributed by atoms with Crippen LogP contribution in [0.25, 0.3) is 0 Å². The van der Waals surface area contributed by atoms with Crippen molar-refractivity contribution in [3.63, 3.8) is 0 Å². The molecular formula is C33H53O6P. The summed E-state index contributed by atoms with van der Waals surface area (Å²) >= 11 is 0. The summed E-state index contributed by atoms with van der Waals surface area (Å²) in [6, 6.07) is 0. The molecule has 0 aliphatic heterocycles. The monoisotopic (exact) mass is 576 g/mol. The lowest BCUT2D eigenvalue weighted by atomic mass is 9.61. The molecule has 0 aromatic rings.